The molecule has 1 aliphatic rings. The Morgan fingerprint density at radius 1 is 1.36 bits per heavy atom. The van der Waals surface area contributed by atoms with Crippen molar-refractivity contribution >= 4 is 22.8 Å². The van der Waals surface area contributed by atoms with Crippen molar-refractivity contribution < 1.29 is 9.59 Å². The summed E-state index contributed by atoms with van der Waals surface area (Å²) in [5, 5.41) is 20.7. The predicted molar refractivity (Wildman–Crippen MR) is 88.5 cm³/mol. The molecule has 128 valence electrons. The van der Waals surface area contributed by atoms with Gasteiger partial charge in [0.25, 0.3) is 5.91 Å². The highest BCUT2D eigenvalue weighted by Crippen LogP contribution is 2.24. The number of nitrogens with one attached hydrogen (secondary N) is 3. The number of nitrogens with zero attached hydrogens (tertiary/aromatic N) is 4. The Bertz CT molecular complexity index is 945. The van der Waals surface area contributed by atoms with E-state index in [2.05, 4.69) is 31.1 Å². The second-order valence-electron chi connectivity index (χ2n) is 6.11. The standard InChI is InChI=1S/C16H17N7O2/c1-23-8-9(7-17-23)14-11(5-6-13(24)19-14)18-16(25)10-3-2-4-12-15(10)21-22-20-12/h2-4,7-8,11,14H,5-6H2,1H3,(H,18,25)(H,19,24)(H,20,21,22)/t11-,14+/m1/s1. The Morgan fingerprint density at radius 2 is 2.24 bits per heavy atom. The molecule has 9 nitrogen and oxygen atoms in total. The minimum Gasteiger partial charge on any atom is -0.347 e. The molecular weight excluding hydrogens is 322 g/mol. The molecule has 2 aromatic heterocycles. The fourth-order valence-electron chi connectivity index (χ4n) is 3.17. The molecule has 1 saturated heterocycles. The molecule has 0 spiro atoms. The molecule has 3 N–H and O–H groups in total. The van der Waals surface area contributed by atoms with E-state index in [-0.39, 0.29) is 23.9 Å². The maximum absolute atomic E-state index is 12.8. The number of carbonyl (C=O) groups is 2. The number of fused-ring (bicyclic) bond motifs is 1. The van der Waals surface area contributed by atoms with E-state index < -0.39 is 0 Å². The van der Waals surface area contributed by atoms with E-state index in [1.165, 1.54) is 0 Å². The van der Waals surface area contributed by atoms with Crippen molar-refractivity contribution in [2.24, 2.45) is 7.05 Å². The number of rotatable bonds is 3. The molecule has 1 aliphatic heterocycles. The van der Waals surface area contributed by atoms with Crippen molar-refractivity contribution in [3.8, 4) is 0 Å². The van der Waals surface area contributed by atoms with Crippen LogP contribution in [0.2, 0.25) is 0 Å². The summed E-state index contributed by atoms with van der Waals surface area (Å²) in [7, 11) is 1.81. The van der Waals surface area contributed by atoms with Gasteiger partial charge in [0, 0.05) is 25.2 Å². The molecule has 4 rings (SSSR count). The molecule has 0 saturated carbocycles. The zero-order valence-corrected chi connectivity index (χ0v) is 13.6. The number of aromatic amines is 1. The number of H-pyrrole nitrogens is 1. The molecule has 0 unspecified atom stereocenters. The van der Waals surface area contributed by atoms with Gasteiger partial charge in [0.05, 0.1) is 23.8 Å². The number of hydrogen-bond donors (Lipinski definition) is 3. The fourth-order valence-corrected chi connectivity index (χ4v) is 3.17. The van der Waals surface area contributed by atoms with Gasteiger partial charge in [-0.2, -0.15) is 20.5 Å². The van der Waals surface area contributed by atoms with Gasteiger partial charge in [-0.05, 0) is 18.6 Å². The fraction of sp³-hybridized carbons (Fsp3) is 0.312. The van der Waals surface area contributed by atoms with Gasteiger partial charge in [-0.15, -0.1) is 0 Å². The van der Waals surface area contributed by atoms with Crippen LogP contribution in [0.25, 0.3) is 11.0 Å². The van der Waals surface area contributed by atoms with Crippen molar-refractivity contribution in [3.63, 3.8) is 0 Å². The summed E-state index contributed by atoms with van der Waals surface area (Å²) in [4.78, 5) is 24.6. The van der Waals surface area contributed by atoms with Crippen molar-refractivity contribution in [1.82, 2.24) is 35.8 Å². The van der Waals surface area contributed by atoms with Crippen molar-refractivity contribution in [1.29, 1.82) is 0 Å². The molecule has 1 fully saturated rings. The summed E-state index contributed by atoms with van der Waals surface area (Å²) < 4.78 is 1.67. The number of amides is 2. The lowest BCUT2D eigenvalue weighted by molar-refractivity contribution is -0.123. The number of piperidine rings is 1. The van der Waals surface area contributed by atoms with E-state index in [9.17, 15) is 9.59 Å². The van der Waals surface area contributed by atoms with E-state index >= 15 is 0 Å². The summed E-state index contributed by atoms with van der Waals surface area (Å²) in [6.07, 6.45) is 4.48. The molecule has 3 aromatic rings. The zero-order chi connectivity index (χ0) is 17.4. The van der Waals surface area contributed by atoms with Crippen LogP contribution in [0.1, 0.15) is 34.8 Å². The molecule has 3 heterocycles. The van der Waals surface area contributed by atoms with E-state index in [1.54, 1.807) is 29.1 Å². The first kappa shape index (κ1) is 15.3. The second-order valence-corrected chi connectivity index (χ2v) is 6.11. The van der Waals surface area contributed by atoms with Gasteiger partial charge >= 0.3 is 0 Å². The largest absolute Gasteiger partial charge is 0.347 e. The average Bonchev–Trinajstić information content (AvgIpc) is 3.24. The van der Waals surface area contributed by atoms with Gasteiger partial charge in [-0.25, -0.2) is 0 Å². The SMILES string of the molecule is Cn1cc([C@@H]2NC(=O)CC[C@H]2NC(=O)c2cccc3n[nH]nc23)cn1. The van der Waals surface area contributed by atoms with Gasteiger partial charge in [0.2, 0.25) is 5.91 Å². The monoisotopic (exact) mass is 339 g/mol. The highest BCUT2D eigenvalue weighted by Gasteiger charge is 2.32. The van der Waals surface area contributed by atoms with Crippen LogP contribution in [0.5, 0.6) is 0 Å². The Kier molecular flexibility index (Phi) is 3.68. The third-order valence-electron chi connectivity index (χ3n) is 4.39. The van der Waals surface area contributed by atoms with Crippen LogP contribution in [-0.2, 0) is 11.8 Å². The maximum atomic E-state index is 12.8. The molecule has 2 amide bonds. The zero-order valence-electron chi connectivity index (χ0n) is 13.6. The highest BCUT2D eigenvalue weighted by atomic mass is 16.2. The molecule has 25 heavy (non-hydrogen) atoms. The number of aryl methyl sites for hydroxylation is 1. The lowest BCUT2D eigenvalue weighted by atomic mass is 9.93. The lowest BCUT2D eigenvalue weighted by Crippen LogP contribution is -2.50. The van der Waals surface area contributed by atoms with Crippen LogP contribution < -0.4 is 10.6 Å². The Labute approximate surface area is 142 Å². The van der Waals surface area contributed by atoms with Gasteiger partial charge < -0.3 is 10.6 Å². The maximum Gasteiger partial charge on any atom is 0.253 e. The lowest BCUT2D eigenvalue weighted by Gasteiger charge is -2.32. The molecule has 9 heteroatoms. The normalized spacial score (nSPS) is 20.4. The Balaban J connectivity index is 1.60. The third-order valence-corrected chi connectivity index (χ3v) is 4.39. The number of para-hydroxylation sites is 1. The molecule has 0 radical (unpaired) electrons. The second kappa shape index (κ2) is 6.00. The minimum atomic E-state index is -0.310. The molecule has 0 aliphatic carbocycles. The van der Waals surface area contributed by atoms with E-state index in [0.717, 1.165) is 5.56 Å². The van der Waals surface area contributed by atoms with E-state index in [0.29, 0.717) is 29.4 Å². The third kappa shape index (κ3) is 2.84. The van der Waals surface area contributed by atoms with Gasteiger partial charge in [0.1, 0.15) is 11.0 Å². The van der Waals surface area contributed by atoms with Crippen LogP contribution in [0.3, 0.4) is 0 Å². The Hall–Kier alpha value is -3.23. The van der Waals surface area contributed by atoms with E-state index in [4.69, 9.17) is 0 Å². The van der Waals surface area contributed by atoms with Crippen LogP contribution in [0.15, 0.2) is 30.6 Å². The summed E-state index contributed by atoms with van der Waals surface area (Å²) in [6, 6.07) is 4.73. The summed E-state index contributed by atoms with van der Waals surface area (Å²) in [5.74, 6) is -0.271. The topological polar surface area (TPSA) is 118 Å². The van der Waals surface area contributed by atoms with Crippen LogP contribution in [0, 0.1) is 0 Å². The highest BCUT2D eigenvalue weighted by molar-refractivity contribution is 6.04. The number of carbonyl (C=O) groups excluding carboxylic acids is 2. The average molecular weight is 339 g/mol. The molecule has 0 bridgehead atoms. The van der Waals surface area contributed by atoms with Crippen molar-refractivity contribution in [2.75, 3.05) is 0 Å². The predicted octanol–water partition coefficient (Wildman–Crippen LogP) is 0.441. The molecule has 1 aromatic carbocycles. The van der Waals surface area contributed by atoms with Gasteiger partial charge in [-0.3, -0.25) is 14.3 Å². The summed E-state index contributed by atoms with van der Waals surface area (Å²) >= 11 is 0. The first-order valence-electron chi connectivity index (χ1n) is 8.00. The quantitative estimate of drug-likeness (QED) is 0.640. The van der Waals surface area contributed by atoms with Crippen LogP contribution >= 0.6 is 0 Å². The van der Waals surface area contributed by atoms with Crippen molar-refractivity contribution in [2.45, 2.75) is 24.9 Å². The molecular formula is C16H17N7O2. The first-order chi connectivity index (χ1) is 12.1. The molecule has 2 atom stereocenters. The van der Waals surface area contributed by atoms with Gasteiger partial charge in [0.15, 0.2) is 0 Å². The summed E-state index contributed by atoms with van der Waals surface area (Å²) in [5.41, 5.74) is 2.47. The summed E-state index contributed by atoms with van der Waals surface area (Å²) in [6.45, 7) is 0. The minimum absolute atomic E-state index is 0.0297. The van der Waals surface area contributed by atoms with E-state index in [1.807, 2.05) is 13.2 Å². The Morgan fingerprint density at radius 3 is 3.04 bits per heavy atom. The van der Waals surface area contributed by atoms with Crippen LogP contribution in [-0.4, -0.2) is 43.0 Å². The number of hydrogen-bond acceptors (Lipinski definition) is 5. The number of benzene rings is 1. The van der Waals surface area contributed by atoms with Crippen LogP contribution in [0.4, 0.5) is 0 Å². The van der Waals surface area contributed by atoms with Gasteiger partial charge in [-0.1, -0.05) is 6.07 Å². The number of aromatic nitrogens is 5. The first-order valence-corrected chi connectivity index (χ1v) is 8.00. The smallest absolute Gasteiger partial charge is 0.253 e. The van der Waals surface area contributed by atoms with Crippen molar-refractivity contribution in [3.05, 3.63) is 41.7 Å².